The molecule has 2 aliphatic rings. The highest BCUT2D eigenvalue weighted by molar-refractivity contribution is 6.05. The molecular weight excluding hydrogens is 559 g/mol. The highest BCUT2D eigenvalue weighted by atomic mass is 19.4. The first-order chi connectivity index (χ1) is 18.9. The van der Waals surface area contributed by atoms with Crippen molar-refractivity contribution >= 4 is 29.5 Å². The Morgan fingerprint density at radius 3 is 2.37 bits per heavy atom. The second-order valence-electron chi connectivity index (χ2n) is 10.8. The fourth-order valence-electron chi connectivity index (χ4n) is 5.16. The minimum Gasteiger partial charge on any atom is -0.476 e. The third-order valence-corrected chi connectivity index (χ3v) is 7.17. The molecule has 2 N–H and O–H groups in total. The molecule has 228 valence electrons. The van der Waals surface area contributed by atoms with E-state index in [0.29, 0.717) is 18.9 Å². The number of anilines is 1. The van der Waals surface area contributed by atoms with E-state index < -0.39 is 78.3 Å². The molecular formula is C26H33F5N4O6. The van der Waals surface area contributed by atoms with Crippen molar-refractivity contribution in [3.63, 3.8) is 0 Å². The number of nitrogens with one attached hydrogen (secondary N) is 1. The molecule has 0 spiro atoms. The van der Waals surface area contributed by atoms with Crippen molar-refractivity contribution in [2.75, 3.05) is 24.5 Å². The minimum absolute atomic E-state index is 0.0988. The number of carboxylic acid groups (broad SMARTS) is 1. The average Bonchev–Trinajstić information content (AvgIpc) is 2.85. The number of nitrogens with zero attached hydrogens (tertiary/aromatic N) is 3. The number of likely N-dealkylation sites (tertiary alicyclic amines) is 1. The van der Waals surface area contributed by atoms with E-state index in [-0.39, 0.29) is 24.0 Å². The number of hydrogen-bond donors (Lipinski definition) is 2. The van der Waals surface area contributed by atoms with Crippen LogP contribution in [0.1, 0.15) is 63.4 Å². The summed E-state index contributed by atoms with van der Waals surface area (Å²) in [5.41, 5.74) is -3.95. The number of piperidine rings is 1. The number of carbonyl (C=O) groups excluding carboxylic acids is 3. The zero-order valence-electron chi connectivity index (χ0n) is 23.2. The zero-order chi connectivity index (χ0) is 31.0. The number of alkyl halides is 5. The van der Waals surface area contributed by atoms with Crippen LogP contribution in [0.25, 0.3) is 0 Å². The minimum atomic E-state index is -5.01. The molecule has 41 heavy (non-hydrogen) atoms. The van der Waals surface area contributed by atoms with E-state index in [4.69, 9.17) is 4.74 Å². The van der Waals surface area contributed by atoms with E-state index >= 15 is 0 Å². The van der Waals surface area contributed by atoms with Crippen LogP contribution in [0, 0.1) is 0 Å². The van der Waals surface area contributed by atoms with Gasteiger partial charge in [-0.05, 0) is 59.6 Å². The van der Waals surface area contributed by atoms with Crippen molar-refractivity contribution in [2.45, 2.75) is 83.8 Å². The van der Waals surface area contributed by atoms with Crippen LogP contribution in [0.5, 0.6) is 5.75 Å². The lowest BCUT2D eigenvalue weighted by Crippen LogP contribution is -2.56. The quantitative estimate of drug-likeness (QED) is 0.463. The first-order valence-corrected chi connectivity index (χ1v) is 13.0. The Bertz CT molecular complexity index is 1210. The van der Waals surface area contributed by atoms with Gasteiger partial charge in [-0.25, -0.2) is 4.79 Å². The molecule has 3 rings (SSSR count). The van der Waals surface area contributed by atoms with E-state index in [1.807, 2.05) is 5.32 Å². The number of rotatable bonds is 7. The summed E-state index contributed by atoms with van der Waals surface area (Å²) in [6.45, 7) is 6.59. The van der Waals surface area contributed by atoms with Crippen molar-refractivity contribution in [1.82, 2.24) is 15.1 Å². The third kappa shape index (κ3) is 6.64. The lowest BCUT2D eigenvalue weighted by molar-refractivity contribution is -0.138. The largest absolute Gasteiger partial charge is 0.476 e. The number of ether oxygens (including phenoxy) is 1. The molecule has 1 aromatic carbocycles. The van der Waals surface area contributed by atoms with Crippen LogP contribution in [0.3, 0.4) is 0 Å². The Labute approximate surface area is 233 Å². The van der Waals surface area contributed by atoms with Gasteiger partial charge in [-0.3, -0.25) is 14.4 Å². The first kappa shape index (κ1) is 31.9. The molecule has 0 unspecified atom stereocenters. The molecule has 0 bridgehead atoms. The molecule has 15 heteroatoms. The summed E-state index contributed by atoms with van der Waals surface area (Å²) in [5, 5.41) is 11.5. The standard InChI is InChI=1S/C26H33F5N4O6/c1-13(2)35(15-7-6-14(3)34(12-15)24(39)40)22(37)16-10-18-19(11-17(16)26(29,30)31)41-25(4,5)23(38)33(18)9-8-32-21(36)20(27)28/h10-11,13-15,20H,6-9,12H2,1-5H3,(H,32,36)(H,39,40)/t14-,15+/m0/s1. The normalized spacial score (nSPS) is 20.5. The Hall–Kier alpha value is -3.65. The molecule has 2 atom stereocenters. The topological polar surface area (TPSA) is 119 Å². The van der Waals surface area contributed by atoms with Gasteiger partial charge in [-0.2, -0.15) is 22.0 Å². The van der Waals surface area contributed by atoms with E-state index in [1.165, 1.54) is 18.7 Å². The van der Waals surface area contributed by atoms with Crippen LogP contribution < -0.4 is 15.0 Å². The molecule has 10 nitrogen and oxygen atoms in total. The van der Waals surface area contributed by atoms with Crippen LogP contribution >= 0.6 is 0 Å². The smallest absolute Gasteiger partial charge is 0.417 e. The number of hydrogen-bond acceptors (Lipinski definition) is 5. The number of benzene rings is 1. The molecule has 0 aromatic heterocycles. The highest BCUT2D eigenvalue weighted by Crippen LogP contribution is 2.44. The first-order valence-electron chi connectivity index (χ1n) is 13.0. The molecule has 0 radical (unpaired) electrons. The SMILES string of the molecule is CC(C)N(C(=O)c1cc2c(cc1C(F)(F)F)OC(C)(C)C(=O)N2CCNC(=O)C(F)F)[C@@H]1CC[C@H](C)N(C(=O)O)C1. The summed E-state index contributed by atoms with van der Waals surface area (Å²) in [6.07, 6.45) is -8.79. The predicted molar refractivity (Wildman–Crippen MR) is 136 cm³/mol. The summed E-state index contributed by atoms with van der Waals surface area (Å²) in [5.74, 6) is -3.70. The summed E-state index contributed by atoms with van der Waals surface area (Å²) in [4.78, 5) is 53.4. The Balaban J connectivity index is 2.09. The number of carbonyl (C=O) groups is 4. The Morgan fingerprint density at radius 1 is 1.20 bits per heavy atom. The Kier molecular flexibility index (Phi) is 9.08. The van der Waals surface area contributed by atoms with Crippen molar-refractivity contribution < 1.29 is 51.0 Å². The fraction of sp³-hybridized carbons (Fsp3) is 0.615. The molecule has 1 saturated heterocycles. The van der Waals surface area contributed by atoms with Gasteiger partial charge >= 0.3 is 18.7 Å². The maximum absolute atomic E-state index is 14.3. The molecule has 1 aromatic rings. The molecule has 1 fully saturated rings. The monoisotopic (exact) mass is 592 g/mol. The van der Waals surface area contributed by atoms with Crippen molar-refractivity contribution in [1.29, 1.82) is 0 Å². The highest BCUT2D eigenvalue weighted by Gasteiger charge is 2.46. The molecule has 2 heterocycles. The number of amides is 4. The maximum Gasteiger partial charge on any atom is 0.417 e. The average molecular weight is 593 g/mol. The lowest BCUT2D eigenvalue weighted by atomic mass is 9.95. The molecule has 2 aliphatic heterocycles. The van der Waals surface area contributed by atoms with E-state index in [9.17, 15) is 46.2 Å². The predicted octanol–water partition coefficient (Wildman–Crippen LogP) is 3.97. The molecule has 0 aliphatic carbocycles. The summed E-state index contributed by atoms with van der Waals surface area (Å²) >= 11 is 0. The fourth-order valence-corrected chi connectivity index (χ4v) is 5.16. The van der Waals surface area contributed by atoms with Crippen LogP contribution in [0.15, 0.2) is 12.1 Å². The van der Waals surface area contributed by atoms with Crippen LogP contribution in [0.2, 0.25) is 0 Å². The third-order valence-electron chi connectivity index (χ3n) is 7.17. The zero-order valence-corrected chi connectivity index (χ0v) is 23.2. The van der Waals surface area contributed by atoms with Crippen molar-refractivity contribution in [3.05, 3.63) is 23.3 Å². The Morgan fingerprint density at radius 2 is 1.83 bits per heavy atom. The van der Waals surface area contributed by atoms with Gasteiger partial charge in [-0.15, -0.1) is 0 Å². The van der Waals surface area contributed by atoms with Crippen LogP contribution in [-0.4, -0.2) is 88.5 Å². The van der Waals surface area contributed by atoms with Gasteiger partial charge in [0, 0.05) is 31.7 Å². The van der Waals surface area contributed by atoms with Crippen LogP contribution in [0.4, 0.5) is 32.4 Å². The second-order valence-corrected chi connectivity index (χ2v) is 10.8. The number of fused-ring (bicyclic) bond motifs is 1. The summed E-state index contributed by atoms with van der Waals surface area (Å²) in [6, 6.07) is -0.186. The van der Waals surface area contributed by atoms with Gasteiger partial charge in [0.25, 0.3) is 17.7 Å². The second kappa shape index (κ2) is 11.7. The van der Waals surface area contributed by atoms with E-state index in [0.717, 1.165) is 15.9 Å². The van der Waals surface area contributed by atoms with Gasteiger partial charge in [0.15, 0.2) is 5.60 Å². The van der Waals surface area contributed by atoms with Crippen molar-refractivity contribution in [2.24, 2.45) is 0 Å². The van der Waals surface area contributed by atoms with Crippen molar-refractivity contribution in [3.8, 4) is 5.75 Å². The van der Waals surface area contributed by atoms with Gasteiger partial charge in [0.05, 0.1) is 22.9 Å². The lowest BCUT2D eigenvalue weighted by Gasteiger charge is -2.43. The van der Waals surface area contributed by atoms with E-state index in [1.54, 1.807) is 20.8 Å². The van der Waals surface area contributed by atoms with E-state index in [2.05, 4.69) is 0 Å². The maximum atomic E-state index is 14.3. The number of halogens is 5. The van der Waals surface area contributed by atoms with Gasteiger partial charge in [0.2, 0.25) is 0 Å². The molecule has 0 saturated carbocycles. The van der Waals surface area contributed by atoms with Gasteiger partial charge < -0.3 is 29.9 Å². The summed E-state index contributed by atoms with van der Waals surface area (Å²) < 4.78 is 73.8. The summed E-state index contributed by atoms with van der Waals surface area (Å²) in [7, 11) is 0. The van der Waals surface area contributed by atoms with Gasteiger partial charge in [-0.1, -0.05) is 0 Å². The van der Waals surface area contributed by atoms with Crippen LogP contribution in [-0.2, 0) is 15.8 Å². The molecule has 4 amide bonds. The van der Waals surface area contributed by atoms with Gasteiger partial charge in [0.1, 0.15) is 5.75 Å².